The van der Waals surface area contributed by atoms with Gasteiger partial charge in [-0.15, -0.1) is 0 Å². The zero-order valence-electron chi connectivity index (χ0n) is 26.1. The summed E-state index contributed by atoms with van der Waals surface area (Å²) in [5.74, 6) is -2.11. The Morgan fingerprint density at radius 3 is 2.26 bits per heavy atom. The molecule has 1 atom stereocenters. The van der Waals surface area contributed by atoms with Crippen LogP contribution in [0.1, 0.15) is 88.7 Å². The molecule has 0 saturated heterocycles. The van der Waals surface area contributed by atoms with E-state index >= 15 is 4.39 Å². The third-order valence-corrected chi connectivity index (χ3v) is 8.22. The van der Waals surface area contributed by atoms with Gasteiger partial charge in [-0.1, -0.05) is 84.2 Å². The quantitative estimate of drug-likeness (QED) is 0.235. The maximum Gasteiger partial charge on any atom is 0.265 e. The average molecular weight is 619 g/mol. The molecule has 0 radical (unpaired) electrons. The maximum absolute atomic E-state index is 15.2. The van der Waals surface area contributed by atoms with Crippen LogP contribution in [-0.2, 0) is 23.1 Å². The van der Waals surface area contributed by atoms with Crippen LogP contribution in [0.3, 0.4) is 0 Å². The molecule has 6 nitrogen and oxygen atoms in total. The fraction of sp³-hybridized carbons (Fsp3) is 0.424. The minimum Gasteiger partial charge on any atom is -0.341 e. The monoisotopic (exact) mass is 618 g/mol. The van der Waals surface area contributed by atoms with E-state index in [1.807, 2.05) is 6.07 Å². The number of alkyl halides is 1. The number of anilines is 2. The van der Waals surface area contributed by atoms with Gasteiger partial charge in [0.1, 0.15) is 22.7 Å². The Labute approximate surface area is 255 Å². The first-order valence-electron chi connectivity index (χ1n) is 14.7. The van der Waals surface area contributed by atoms with Crippen LogP contribution in [0.15, 0.2) is 65.7 Å². The molecule has 1 aliphatic rings. The highest BCUT2D eigenvalue weighted by Crippen LogP contribution is 2.33. The Hall–Kier alpha value is -3.37. The lowest BCUT2D eigenvalue weighted by molar-refractivity contribution is 0.310. The molecule has 0 aliphatic carbocycles. The molecule has 0 spiro atoms. The number of allylic oxidation sites excluding steroid dienone is 1. The highest BCUT2D eigenvalue weighted by Gasteiger charge is 2.25. The number of halogens is 3. The predicted molar refractivity (Wildman–Crippen MR) is 170 cm³/mol. The first-order chi connectivity index (χ1) is 20.4. The average Bonchev–Trinajstić information content (AvgIpc) is 2.97. The lowest BCUT2D eigenvalue weighted by Crippen LogP contribution is -2.29. The van der Waals surface area contributed by atoms with Gasteiger partial charge < -0.3 is 10.2 Å². The second-order valence-corrected chi connectivity index (χ2v) is 12.1. The number of rotatable bonds is 9. The van der Waals surface area contributed by atoms with Gasteiger partial charge in [-0.05, 0) is 60.4 Å². The maximum atomic E-state index is 15.2. The second kappa shape index (κ2) is 17.1. The summed E-state index contributed by atoms with van der Waals surface area (Å²) in [6.07, 6.45) is 4.17. The lowest BCUT2D eigenvalue weighted by atomic mass is 9.94. The second-order valence-electron chi connectivity index (χ2n) is 10.4. The number of aryl methyl sites for hydroxylation is 1. The van der Waals surface area contributed by atoms with E-state index in [1.165, 1.54) is 43.9 Å². The topological polar surface area (TPSA) is 74.3 Å². The third-order valence-electron chi connectivity index (χ3n) is 6.85. The Bertz CT molecular complexity index is 1460. The molecule has 4 rings (SSSR count). The molecule has 0 bridgehead atoms. The molecule has 236 valence electrons. The molecule has 1 unspecified atom stereocenters. The zero-order chi connectivity index (χ0) is 32.2. The molecule has 0 amide bonds. The van der Waals surface area contributed by atoms with Crippen molar-refractivity contribution in [2.24, 2.45) is 0 Å². The number of benzene rings is 2. The van der Waals surface area contributed by atoms with E-state index < -0.39 is 32.9 Å². The van der Waals surface area contributed by atoms with Crippen LogP contribution in [-0.4, -0.2) is 19.9 Å². The van der Waals surface area contributed by atoms with Crippen LogP contribution in [0.5, 0.6) is 0 Å². The Morgan fingerprint density at radius 2 is 1.67 bits per heavy atom. The number of unbranched alkanes of at least 4 members (excludes halogenated alkanes) is 2. The minimum absolute atomic E-state index is 0.250. The van der Waals surface area contributed by atoms with Crippen molar-refractivity contribution in [3.63, 3.8) is 0 Å². The van der Waals surface area contributed by atoms with Crippen LogP contribution >= 0.6 is 0 Å². The van der Waals surface area contributed by atoms with E-state index in [0.29, 0.717) is 35.6 Å². The van der Waals surface area contributed by atoms with Gasteiger partial charge in [0.2, 0.25) is 5.95 Å². The minimum atomic E-state index is -4.37. The summed E-state index contributed by atoms with van der Waals surface area (Å²) in [5.41, 5.74) is 3.84. The first-order valence-corrected chi connectivity index (χ1v) is 16.2. The summed E-state index contributed by atoms with van der Waals surface area (Å²) in [5, 5.41) is 3.06. The standard InChI is InChI=1S/C25H25F3N4O2S.2C4H10/c1-15(2)32(14-17-6-4-7-18-19(17)12-29-13-21(18)27)22-11-20(26)23(10-16(22)3)35(33,34)31-25-9-5-8-24(28)30-25;2*1-3-4-2/h4-11,21,29H,1,12-14H2,2-3H3,(H,30,31);2*3-4H2,1-2H3. The molecule has 43 heavy (non-hydrogen) atoms. The number of fused-ring (bicyclic) bond motifs is 1. The fourth-order valence-electron chi connectivity index (χ4n) is 4.14. The van der Waals surface area contributed by atoms with Gasteiger partial charge in [0.25, 0.3) is 10.0 Å². The molecule has 1 aliphatic heterocycles. The highest BCUT2D eigenvalue weighted by molar-refractivity contribution is 7.92. The van der Waals surface area contributed by atoms with Crippen molar-refractivity contribution in [3.05, 3.63) is 94.8 Å². The largest absolute Gasteiger partial charge is 0.341 e. The van der Waals surface area contributed by atoms with E-state index in [0.717, 1.165) is 23.3 Å². The SMILES string of the molecule is C=C(C)N(Cc1cccc2c1CNCC2F)c1cc(F)c(S(=O)(=O)Nc2cccc(F)n2)cc1C.CCCC.CCCC. The fourth-order valence-corrected chi connectivity index (χ4v) is 5.29. The van der Waals surface area contributed by atoms with Crippen molar-refractivity contribution in [2.45, 2.75) is 91.4 Å². The van der Waals surface area contributed by atoms with Gasteiger partial charge in [-0.3, -0.25) is 4.72 Å². The van der Waals surface area contributed by atoms with Crippen molar-refractivity contribution in [2.75, 3.05) is 16.2 Å². The Kier molecular flexibility index (Phi) is 14.2. The zero-order valence-corrected chi connectivity index (χ0v) is 26.9. The Morgan fingerprint density at radius 1 is 1.05 bits per heavy atom. The smallest absolute Gasteiger partial charge is 0.265 e. The molecule has 0 fully saturated rings. The first kappa shape index (κ1) is 35.8. The summed E-state index contributed by atoms with van der Waals surface area (Å²) in [6, 6.07) is 11.4. The molecular formula is C33H45F3N4O2S. The van der Waals surface area contributed by atoms with Crippen LogP contribution in [0.2, 0.25) is 0 Å². The number of hydrogen-bond acceptors (Lipinski definition) is 5. The number of hydrogen-bond donors (Lipinski definition) is 2. The van der Waals surface area contributed by atoms with Crippen molar-refractivity contribution < 1.29 is 21.6 Å². The summed E-state index contributed by atoms with van der Waals surface area (Å²) >= 11 is 0. The predicted octanol–water partition coefficient (Wildman–Crippen LogP) is 8.74. The van der Waals surface area contributed by atoms with Crippen molar-refractivity contribution in [1.82, 2.24) is 10.3 Å². The van der Waals surface area contributed by atoms with E-state index in [1.54, 1.807) is 30.9 Å². The van der Waals surface area contributed by atoms with Gasteiger partial charge in [0.05, 0.1) is 0 Å². The van der Waals surface area contributed by atoms with Gasteiger partial charge >= 0.3 is 0 Å². The Balaban J connectivity index is 0.000000719. The van der Waals surface area contributed by atoms with Crippen LogP contribution in [0.25, 0.3) is 0 Å². The number of nitrogens with zero attached hydrogens (tertiary/aromatic N) is 2. The van der Waals surface area contributed by atoms with Gasteiger partial charge in [0.15, 0.2) is 0 Å². The molecule has 2 heterocycles. The van der Waals surface area contributed by atoms with Gasteiger partial charge in [-0.2, -0.15) is 4.39 Å². The van der Waals surface area contributed by atoms with Crippen molar-refractivity contribution in [1.29, 1.82) is 0 Å². The van der Waals surface area contributed by atoms with E-state index in [9.17, 15) is 17.2 Å². The van der Waals surface area contributed by atoms with Gasteiger partial charge in [-0.25, -0.2) is 22.2 Å². The van der Waals surface area contributed by atoms with Crippen LogP contribution < -0.4 is 14.9 Å². The summed E-state index contributed by atoms with van der Waals surface area (Å²) in [7, 11) is -4.37. The molecule has 1 aromatic heterocycles. The van der Waals surface area contributed by atoms with E-state index in [2.05, 4.69) is 49.3 Å². The van der Waals surface area contributed by atoms with E-state index in [4.69, 9.17) is 0 Å². The summed E-state index contributed by atoms with van der Waals surface area (Å²) < 4.78 is 70.6. The number of aromatic nitrogens is 1. The molecule has 3 aromatic rings. The number of nitrogens with one attached hydrogen (secondary N) is 2. The normalized spacial score (nSPS) is 13.9. The molecule has 2 N–H and O–H groups in total. The van der Waals surface area contributed by atoms with E-state index in [-0.39, 0.29) is 12.4 Å². The van der Waals surface area contributed by atoms with Crippen molar-refractivity contribution >= 4 is 21.5 Å². The number of pyridine rings is 1. The molecule has 0 saturated carbocycles. The molecular weight excluding hydrogens is 573 g/mol. The molecule has 10 heteroatoms. The third kappa shape index (κ3) is 10.1. The summed E-state index contributed by atoms with van der Waals surface area (Å²) in [6.45, 7) is 17.2. The lowest BCUT2D eigenvalue weighted by Gasteiger charge is -2.30. The summed E-state index contributed by atoms with van der Waals surface area (Å²) in [4.78, 5) is 4.63. The van der Waals surface area contributed by atoms with Crippen LogP contribution in [0, 0.1) is 18.7 Å². The van der Waals surface area contributed by atoms with Crippen LogP contribution in [0.4, 0.5) is 24.7 Å². The molecule has 2 aromatic carbocycles. The highest BCUT2D eigenvalue weighted by atomic mass is 32.2. The van der Waals surface area contributed by atoms with Gasteiger partial charge in [0, 0.05) is 31.0 Å². The number of sulfonamides is 1. The van der Waals surface area contributed by atoms with Crippen molar-refractivity contribution in [3.8, 4) is 0 Å².